The highest BCUT2D eigenvalue weighted by Gasteiger charge is 2.15. The zero-order valence-corrected chi connectivity index (χ0v) is 10.5. The van der Waals surface area contributed by atoms with Gasteiger partial charge in [-0.05, 0) is 18.2 Å². The fraction of sp³-hybridized carbons (Fsp3) is 0.0833. The summed E-state index contributed by atoms with van der Waals surface area (Å²) in [6.45, 7) is 0. The molecule has 2 rings (SSSR count). The van der Waals surface area contributed by atoms with Gasteiger partial charge in [0, 0.05) is 7.05 Å². The molecule has 0 bridgehead atoms. The van der Waals surface area contributed by atoms with Crippen molar-refractivity contribution in [3.8, 4) is 0 Å². The molecule has 1 heterocycles. The van der Waals surface area contributed by atoms with E-state index in [-0.39, 0.29) is 10.8 Å². The summed E-state index contributed by atoms with van der Waals surface area (Å²) in [5, 5.41) is 7.73. The molecule has 18 heavy (non-hydrogen) atoms. The highest BCUT2D eigenvalue weighted by atomic mass is 32.1. The zero-order chi connectivity index (χ0) is 13.1. The van der Waals surface area contributed by atoms with Crippen LogP contribution in [0.3, 0.4) is 0 Å². The average Bonchev–Trinajstić information content (AvgIpc) is 2.38. The van der Waals surface area contributed by atoms with Gasteiger partial charge < -0.3 is 10.6 Å². The molecule has 0 spiro atoms. The molecule has 0 aliphatic rings. The molecule has 0 unspecified atom stereocenters. The van der Waals surface area contributed by atoms with Crippen LogP contribution in [0.25, 0.3) is 0 Å². The lowest BCUT2D eigenvalue weighted by molar-refractivity contribution is 0.627. The van der Waals surface area contributed by atoms with Crippen molar-refractivity contribution in [2.24, 2.45) is 5.73 Å². The van der Waals surface area contributed by atoms with Crippen LogP contribution in [0.4, 0.5) is 15.9 Å². The lowest BCUT2D eigenvalue weighted by atomic mass is 10.2. The van der Waals surface area contributed by atoms with Crippen LogP contribution >= 0.6 is 12.2 Å². The molecule has 92 valence electrons. The van der Waals surface area contributed by atoms with Crippen LogP contribution in [0.1, 0.15) is 5.56 Å². The molecule has 0 saturated heterocycles. The van der Waals surface area contributed by atoms with E-state index >= 15 is 0 Å². The summed E-state index contributed by atoms with van der Waals surface area (Å²) in [6, 6.07) is 8.04. The molecule has 0 radical (unpaired) electrons. The summed E-state index contributed by atoms with van der Waals surface area (Å²) >= 11 is 4.94. The highest BCUT2D eigenvalue weighted by Crippen LogP contribution is 2.26. The van der Waals surface area contributed by atoms with Crippen molar-refractivity contribution >= 4 is 28.7 Å². The SMILES string of the molecule is CN(c1ccccc1F)c1nnccc1C(N)=S. The fourth-order valence-corrected chi connectivity index (χ4v) is 1.76. The number of thiocarbonyl (C=S) groups is 1. The summed E-state index contributed by atoms with van der Waals surface area (Å²) in [5.74, 6) is 0.0784. The second-order valence-electron chi connectivity index (χ2n) is 3.64. The van der Waals surface area contributed by atoms with Gasteiger partial charge in [-0.15, -0.1) is 5.10 Å². The van der Waals surface area contributed by atoms with Gasteiger partial charge in [-0.1, -0.05) is 24.4 Å². The zero-order valence-electron chi connectivity index (χ0n) is 9.67. The van der Waals surface area contributed by atoms with E-state index in [1.807, 2.05) is 0 Å². The van der Waals surface area contributed by atoms with E-state index in [0.29, 0.717) is 17.1 Å². The Kier molecular flexibility index (Phi) is 3.47. The Morgan fingerprint density at radius 1 is 1.33 bits per heavy atom. The molecule has 0 amide bonds. The Morgan fingerprint density at radius 3 is 2.72 bits per heavy atom. The molecule has 1 aromatic carbocycles. The minimum Gasteiger partial charge on any atom is -0.389 e. The van der Waals surface area contributed by atoms with Gasteiger partial charge in [0.05, 0.1) is 17.4 Å². The number of hydrogen-bond acceptors (Lipinski definition) is 4. The first-order valence-corrected chi connectivity index (χ1v) is 5.62. The number of aromatic nitrogens is 2. The van der Waals surface area contributed by atoms with Gasteiger partial charge in [0.1, 0.15) is 10.8 Å². The summed E-state index contributed by atoms with van der Waals surface area (Å²) in [5.41, 5.74) is 6.56. The number of nitrogens with two attached hydrogens (primary N) is 1. The molecule has 6 heteroatoms. The smallest absolute Gasteiger partial charge is 0.165 e. The van der Waals surface area contributed by atoms with E-state index in [1.54, 1.807) is 36.2 Å². The third-order valence-electron chi connectivity index (χ3n) is 2.50. The Morgan fingerprint density at radius 2 is 2.06 bits per heavy atom. The van der Waals surface area contributed by atoms with Crippen LogP contribution in [-0.2, 0) is 0 Å². The number of halogens is 1. The number of hydrogen-bond donors (Lipinski definition) is 1. The predicted octanol–water partition coefficient (Wildman–Crippen LogP) is 2.02. The molecular weight excluding hydrogens is 251 g/mol. The Balaban J connectivity index is 2.50. The summed E-state index contributed by atoms with van der Waals surface area (Å²) in [7, 11) is 1.68. The quantitative estimate of drug-likeness (QED) is 0.858. The maximum absolute atomic E-state index is 13.7. The fourth-order valence-electron chi connectivity index (χ4n) is 1.60. The van der Waals surface area contributed by atoms with Crippen molar-refractivity contribution in [1.82, 2.24) is 10.2 Å². The Hall–Kier alpha value is -2.08. The van der Waals surface area contributed by atoms with E-state index < -0.39 is 0 Å². The minimum atomic E-state index is -0.348. The van der Waals surface area contributed by atoms with Crippen molar-refractivity contribution in [3.63, 3.8) is 0 Å². The number of para-hydroxylation sites is 1. The molecule has 1 aromatic heterocycles. The lowest BCUT2D eigenvalue weighted by Crippen LogP contribution is -2.20. The van der Waals surface area contributed by atoms with Gasteiger partial charge in [-0.25, -0.2) is 4.39 Å². The average molecular weight is 262 g/mol. The highest BCUT2D eigenvalue weighted by molar-refractivity contribution is 7.80. The molecule has 0 aliphatic carbocycles. The number of rotatable bonds is 3. The van der Waals surface area contributed by atoms with Gasteiger partial charge in [-0.2, -0.15) is 5.10 Å². The summed E-state index contributed by atoms with van der Waals surface area (Å²) in [6.07, 6.45) is 1.49. The van der Waals surface area contributed by atoms with Crippen LogP contribution in [0, 0.1) is 5.82 Å². The molecule has 0 aliphatic heterocycles. The molecule has 0 saturated carbocycles. The minimum absolute atomic E-state index is 0.197. The molecule has 4 nitrogen and oxygen atoms in total. The van der Waals surface area contributed by atoms with E-state index in [1.165, 1.54) is 12.3 Å². The first kappa shape index (κ1) is 12.4. The van der Waals surface area contributed by atoms with E-state index in [9.17, 15) is 4.39 Å². The van der Waals surface area contributed by atoms with Gasteiger partial charge in [-0.3, -0.25) is 0 Å². The molecule has 0 atom stereocenters. The summed E-state index contributed by atoms with van der Waals surface area (Å²) < 4.78 is 13.7. The molecular formula is C12H11FN4S. The van der Waals surface area contributed by atoms with Crippen LogP contribution in [0.5, 0.6) is 0 Å². The summed E-state index contributed by atoms with van der Waals surface area (Å²) in [4.78, 5) is 1.76. The number of anilines is 2. The Bertz CT molecular complexity index is 588. The van der Waals surface area contributed by atoms with Gasteiger partial charge in [0.2, 0.25) is 0 Å². The van der Waals surface area contributed by atoms with Gasteiger partial charge in [0.15, 0.2) is 5.82 Å². The van der Waals surface area contributed by atoms with Crippen LogP contribution in [-0.4, -0.2) is 22.2 Å². The van der Waals surface area contributed by atoms with Gasteiger partial charge in [0.25, 0.3) is 0 Å². The second-order valence-corrected chi connectivity index (χ2v) is 4.08. The monoisotopic (exact) mass is 262 g/mol. The standard InChI is InChI=1S/C12H11FN4S/c1-17(10-5-3-2-4-9(10)13)12-8(11(14)18)6-7-15-16-12/h2-7H,1H3,(H2,14,18). The largest absolute Gasteiger partial charge is 0.389 e. The van der Waals surface area contributed by atoms with Crippen LogP contribution in [0.2, 0.25) is 0 Å². The first-order chi connectivity index (χ1) is 8.61. The van der Waals surface area contributed by atoms with Crippen molar-refractivity contribution < 1.29 is 4.39 Å². The maximum Gasteiger partial charge on any atom is 0.165 e. The molecule has 0 fully saturated rings. The predicted molar refractivity (Wildman–Crippen MR) is 72.4 cm³/mol. The molecule has 2 N–H and O–H groups in total. The van der Waals surface area contributed by atoms with E-state index in [2.05, 4.69) is 10.2 Å². The van der Waals surface area contributed by atoms with Crippen molar-refractivity contribution in [1.29, 1.82) is 0 Å². The van der Waals surface area contributed by atoms with Crippen LogP contribution in [0.15, 0.2) is 36.5 Å². The first-order valence-electron chi connectivity index (χ1n) is 5.21. The van der Waals surface area contributed by atoms with Crippen molar-refractivity contribution in [2.75, 3.05) is 11.9 Å². The number of nitrogens with zero attached hydrogens (tertiary/aromatic N) is 3. The third kappa shape index (κ3) is 2.28. The second kappa shape index (κ2) is 5.05. The van der Waals surface area contributed by atoms with Crippen LogP contribution < -0.4 is 10.6 Å². The van der Waals surface area contributed by atoms with Crippen molar-refractivity contribution in [3.05, 3.63) is 47.9 Å². The normalized spacial score (nSPS) is 10.1. The third-order valence-corrected chi connectivity index (χ3v) is 2.72. The Labute approximate surface area is 109 Å². The van der Waals surface area contributed by atoms with Crippen molar-refractivity contribution in [2.45, 2.75) is 0 Å². The van der Waals surface area contributed by atoms with Gasteiger partial charge >= 0.3 is 0 Å². The maximum atomic E-state index is 13.7. The van der Waals surface area contributed by atoms with E-state index in [4.69, 9.17) is 18.0 Å². The lowest BCUT2D eigenvalue weighted by Gasteiger charge is -2.20. The van der Waals surface area contributed by atoms with E-state index in [0.717, 1.165) is 0 Å². The number of benzene rings is 1. The topological polar surface area (TPSA) is 55.0 Å². The molecule has 2 aromatic rings.